The third-order valence-corrected chi connectivity index (χ3v) is 5.04. The predicted molar refractivity (Wildman–Crippen MR) is 76.6 cm³/mol. The highest BCUT2D eigenvalue weighted by Crippen LogP contribution is 2.30. The van der Waals surface area contributed by atoms with Gasteiger partial charge in [0.15, 0.2) is 11.5 Å². The summed E-state index contributed by atoms with van der Waals surface area (Å²) >= 11 is 0. The van der Waals surface area contributed by atoms with Crippen molar-refractivity contribution in [3.63, 3.8) is 0 Å². The molecular formula is C13H20N2O4S. The molecule has 0 radical (unpaired) electrons. The highest BCUT2D eigenvalue weighted by Gasteiger charge is 2.18. The van der Waals surface area contributed by atoms with E-state index in [9.17, 15) is 8.42 Å². The molecule has 20 heavy (non-hydrogen) atoms. The van der Waals surface area contributed by atoms with Crippen LogP contribution in [0, 0.1) is 0 Å². The summed E-state index contributed by atoms with van der Waals surface area (Å²) in [4.78, 5) is 0. The van der Waals surface area contributed by atoms with Crippen LogP contribution >= 0.6 is 0 Å². The van der Waals surface area contributed by atoms with Crippen LogP contribution in [0.5, 0.6) is 11.5 Å². The van der Waals surface area contributed by atoms with Gasteiger partial charge < -0.3 is 15.2 Å². The van der Waals surface area contributed by atoms with Crippen molar-refractivity contribution in [3.05, 3.63) is 23.8 Å². The first-order chi connectivity index (χ1) is 9.53. The number of benzene rings is 1. The molecule has 3 N–H and O–H groups in total. The summed E-state index contributed by atoms with van der Waals surface area (Å²) in [6, 6.07) is 5.64. The van der Waals surface area contributed by atoms with Crippen LogP contribution in [-0.2, 0) is 16.4 Å². The van der Waals surface area contributed by atoms with Crippen LogP contribution in [0.3, 0.4) is 0 Å². The number of hydrogen-bond acceptors (Lipinski definition) is 5. The molecule has 1 unspecified atom stereocenters. The Morgan fingerprint density at radius 2 is 2.00 bits per heavy atom. The van der Waals surface area contributed by atoms with Crippen LogP contribution in [0.2, 0.25) is 0 Å². The van der Waals surface area contributed by atoms with E-state index in [0.29, 0.717) is 31.9 Å². The third-order valence-electron chi connectivity index (χ3n) is 3.19. The minimum Gasteiger partial charge on any atom is -0.486 e. The average molecular weight is 300 g/mol. The number of sulfonamides is 1. The number of hydrogen-bond donors (Lipinski definition) is 2. The lowest BCUT2D eigenvalue weighted by Gasteiger charge is -2.19. The summed E-state index contributed by atoms with van der Waals surface area (Å²) < 4.78 is 37.0. The molecule has 0 aromatic heterocycles. The van der Waals surface area contributed by atoms with Crippen LogP contribution in [0.1, 0.15) is 12.5 Å². The van der Waals surface area contributed by atoms with E-state index in [1.54, 1.807) is 6.92 Å². The van der Waals surface area contributed by atoms with Gasteiger partial charge in [-0.15, -0.1) is 0 Å². The van der Waals surface area contributed by atoms with Crippen molar-refractivity contribution < 1.29 is 17.9 Å². The Balaban J connectivity index is 1.92. The molecule has 1 aliphatic rings. The van der Waals surface area contributed by atoms with Gasteiger partial charge in [0, 0.05) is 13.1 Å². The first-order valence-electron chi connectivity index (χ1n) is 6.60. The molecule has 0 amide bonds. The van der Waals surface area contributed by atoms with Crippen LogP contribution in [-0.4, -0.2) is 40.0 Å². The number of nitrogens with one attached hydrogen (secondary N) is 1. The highest BCUT2D eigenvalue weighted by molar-refractivity contribution is 7.90. The smallest absolute Gasteiger partial charge is 0.215 e. The lowest BCUT2D eigenvalue weighted by molar-refractivity contribution is 0.171. The van der Waals surface area contributed by atoms with Crippen molar-refractivity contribution in [1.29, 1.82) is 0 Å². The Labute approximate surface area is 119 Å². The molecule has 1 atom stereocenters. The minimum absolute atomic E-state index is 0.110. The SMILES string of the molecule is CC(CN)S(=O)(=O)NCCc1ccc2c(c1)OCCO2. The lowest BCUT2D eigenvalue weighted by Crippen LogP contribution is -2.37. The van der Waals surface area contributed by atoms with Gasteiger partial charge in [0.2, 0.25) is 10.0 Å². The van der Waals surface area contributed by atoms with Crippen molar-refractivity contribution in [1.82, 2.24) is 4.72 Å². The largest absolute Gasteiger partial charge is 0.486 e. The summed E-state index contributed by atoms with van der Waals surface area (Å²) in [5.41, 5.74) is 6.37. The number of fused-ring (bicyclic) bond motifs is 1. The molecule has 112 valence electrons. The normalized spacial score (nSPS) is 15.9. The molecular weight excluding hydrogens is 280 g/mol. The Morgan fingerprint density at radius 1 is 1.30 bits per heavy atom. The number of rotatable bonds is 6. The molecule has 1 heterocycles. The molecule has 0 saturated heterocycles. The Kier molecular flexibility index (Phi) is 4.85. The summed E-state index contributed by atoms with van der Waals surface area (Å²) in [6.07, 6.45) is 0.590. The maximum Gasteiger partial charge on any atom is 0.215 e. The molecule has 1 aromatic rings. The number of ether oxygens (including phenoxy) is 2. The second-order valence-corrected chi connectivity index (χ2v) is 6.90. The zero-order valence-electron chi connectivity index (χ0n) is 11.5. The maximum atomic E-state index is 11.7. The molecule has 6 nitrogen and oxygen atoms in total. The van der Waals surface area contributed by atoms with Gasteiger partial charge in [0.25, 0.3) is 0 Å². The zero-order chi connectivity index (χ0) is 14.6. The molecule has 0 spiro atoms. The van der Waals surface area contributed by atoms with Crippen molar-refractivity contribution in [2.45, 2.75) is 18.6 Å². The lowest BCUT2D eigenvalue weighted by atomic mass is 10.1. The summed E-state index contributed by atoms with van der Waals surface area (Å²) in [5, 5.41) is -0.581. The molecule has 0 aliphatic carbocycles. The second kappa shape index (κ2) is 6.43. The van der Waals surface area contributed by atoms with E-state index < -0.39 is 15.3 Å². The first-order valence-corrected chi connectivity index (χ1v) is 8.14. The van der Waals surface area contributed by atoms with E-state index in [1.165, 1.54) is 0 Å². The van der Waals surface area contributed by atoms with Gasteiger partial charge in [-0.05, 0) is 31.0 Å². The van der Waals surface area contributed by atoms with Crippen molar-refractivity contribution >= 4 is 10.0 Å². The molecule has 7 heteroatoms. The van der Waals surface area contributed by atoms with Gasteiger partial charge in [-0.25, -0.2) is 13.1 Å². The van der Waals surface area contributed by atoms with E-state index in [4.69, 9.17) is 15.2 Å². The highest BCUT2D eigenvalue weighted by atomic mass is 32.2. The minimum atomic E-state index is -3.33. The molecule has 0 saturated carbocycles. The molecule has 0 bridgehead atoms. The fourth-order valence-electron chi connectivity index (χ4n) is 1.85. The first kappa shape index (κ1) is 15.1. The van der Waals surface area contributed by atoms with E-state index in [0.717, 1.165) is 11.3 Å². The zero-order valence-corrected chi connectivity index (χ0v) is 12.3. The van der Waals surface area contributed by atoms with Gasteiger partial charge in [-0.2, -0.15) is 0 Å². The molecule has 1 aliphatic heterocycles. The fraction of sp³-hybridized carbons (Fsp3) is 0.538. The summed E-state index contributed by atoms with van der Waals surface area (Å²) in [5.74, 6) is 1.45. The summed E-state index contributed by atoms with van der Waals surface area (Å²) in [7, 11) is -3.33. The van der Waals surface area contributed by atoms with E-state index in [2.05, 4.69) is 4.72 Å². The van der Waals surface area contributed by atoms with Crippen molar-refractivity contribution in [2.75, 3.05) is 26.3 Å². The van der Waals surface area contributed by atoms with Crippen molar-refractivity contribution in [3.8, 4) is 11.5 Å². The van der Waals surface area contributed by atoms with Crippen LogP contribution in [0.25, 0.3) is 0 Å². The monoisotopic (exact) mass is 300 g/mol. The molecule has 1 aromatic carbocycles. The molecule has 0 fully saturated rings. The van der Waals surface area contributed by atoms with Crippen molar-refractivity contribution in [2.24, 2.45) is 5.73 Å². The van der Waals surface area contributed by atoms with Gasteiger partial charge in [0.05, 0.1) is 5.25 Å². The van der Waals surface area contributed by atoms with Crippen LogP contribution < -0.4 is 19.9 Å². The van der Waals surface area contributed by atoms with Gasteiger partial charge in [-0.1, -0.05) is 6.07 Å². The topological polar surface area (TPSA) is 90.7 Å². The van der Waals surface area contributed by atoms with Crippen LogP contribution in [0.15, 0.2) is 18.2 Å². The van der Waals surface area contributed by atoms with Crippen LogP contribution in [0.4, 0.5) is 0 Å². The molecule has 2 rings (SSSR count). The van der Waals surface area contributed by atoms with Gasteiger partial charge in [-0.3, -0.25) is 0 Å². The standard InChI is InChI=1S/C13H20N2O4S/c1-10(9-14)20(16,17)15-5-4-11-2-3-12-13(8-11)19-7-6-18-12/h2-3,8,10,15H,4-7,9,14H2,1H3. The average Bonchev–Trinajstić information content (AvgIpc) is 2.46. The second-order valence-electron chi connectivity index (χ2n) is 4.71. The van der Waals surface area contributed by atoms with Gasteiger partial charge in [0.1, 0.15) is 13.2 Å². The third kappa shape index (κ3) is 3.62. The Hall–Kier alpha value is -1.31. The quantitative estimate of drug-likeness (QED) is 0.787. The number of nitrogens with two attached hydrogens (primary N) is 1. The van der Waals surface area contributed by atoms with Gasteiger partial charge >= 0.3 is 0 Å². The maximum absolute atomic E-state index is 11.7. The Morgan fingerprint density at radius 3 is 2.70 bits per heavy atom. The Bertz CT molecular complexity index is 559. The van der Waals surface area contributed by atoms with E-state index in [1.807, 2.05) is 18.2 Å². The fourth-order valence-corrected chi connectivity index (χ4v) is 2.77. The van der Waals surface area contributed by atoms with E-state index in [-0.39, 0.29) is 6.54 Å². The van der Waals surface area contributed by atoms with E-state index >= 15 is 0 Å². The summed E-state index contributed by atoms with van der Waals surface area (Å²) in [6.45, 7) is 3.14. The predicted octanol–water partition coefficient (Wildman–Crippen LogP) is 0.267.